The molecule has 1 aliphatic heterocycles. The number of nitrogens with one attached hydrogen (secondary N) is 1. The first-order chi connectivity index (χ1) is 13.1. The Morgan fingerprint density at radius 1 is 1.33 bits per heavy atom. The molecule has 1 saturated heterocycles. The van der Waals surface area contributed by atoms with Gasteiger partial charge in [-0.15, -0.1) is 0 Å². The molecule has 140 valence electrons. The molecule has 1 aliphatic rings. The van der Waals surface area contributed by atoms with Crippen molar-refractivity contribution in [2.75, 3.05) is 18.5 Å². The van der Waals surface area contributed by atoms with Crippen molar-refractivity contribution < 1.29 is 18.7 Å². The summed E-state index contributed by atoms with van der Waals surface area (Å²) in [5, 5.41) is 2.80. The average molecular weight is 402 g/mol. The number of thioether (sulfide) groups is 1. The first-order valence-corrected chi connectivity index (χ1v) is 9.61. The zero-order valence-corrected chi connectivity index (χ0v) is 16.3. The number of thiocarbonyl (C=S) groups is 1. The van der Waals surface area contributed by atoms with Gasteiger partial charge in [-0.05, 0) is 43.3 Å². The van der Waals surface area contributed by atoms with Gasteiger partial charge in [0.25, 0.3) is 5.91 Å². The number of furan rings is 1. The van der Waals surface area contributed by atoms with Crippen molar-refractivity contribution in [3.63, 3.8) is 0 Å². The van der Waals surface area contributed by atoms with E-state index in [1.807, 2.05) is 6.92 Å². The third-order valence-corrected chi connectivity index (χ3v) is 5.08. The molecule has 2 heterocycles. The number of amides is 2. The van der Waals surface area contributed by atoms with E-state index in [0.29, 0.717) is 27.3 Å². The summed E-state index contributed by atoms with van der Waals surface area (Å²) in [5.41, 5.74) is 0.673. The van der Waals surface area contributed by atoms with E-state index < -0.39 is 0 Å². The van der Waals surface area contributed by atoms with Crippen molar-refractivity contribution in [3.8, 4) is 5.75 Å². The van der Waals surface area contributed by atoms with Gasteiger partial charge in [0.2, 0.25) is 5.91 Å². The van der Waals surface area contributed by atoms with Gasteiger partial charge >= 0.3 is 0 Å². The number of hydrogen-bond acceptors (Lipinski definition) is 6. The maximum Gasteiger partial charge on any atom is 0.266 e. The van der Waals surface area contributed by atoms with E-state index in [-0.39, 0.29) is 24.8 Å². The summed E-state index contributed by atoms with van der Waals surface area (Å²) >= 11 is 6.47. The second-order valence-electron chi connectivity index (χ2n) is 5.60. The second kappa shape index (κ2) is 8.88. The summed E-state index contributed by atoms with van der Waals surface area (Å²) in [6, 6.07) is 10.6. The van der Waals surface area contributed by atoms with Gasteiger partial charge in [0.15, 0.2) is 0 Å². The minimum Gasteiger partial charge on any atom is -0.494 e. The molecule has 2 amide bonds. The molecular formula is C19H18N2O4S2. The van der Waals surface area contributed by atoms with E-state index in [4.69, 9.17) is 21.4 Å². The van der Waals surface area contributed by atoms with E-state index >= 15 is 0 Å². The number of benzene rings is 1. The molecule has 27 heavy (non-hydrogen) atoms. The molecule has 0 unspecified atom stereocenters. The van der Waals surface area contributed by atoms with Gasteiger partial charge in [0.1, 0.15) is 15.8 Å². The van der Waals surface area contributed by atoms with E-state index in [9.17, 15) is 9.59 Å². The van der Waals surface area contributed by atoms with Crippen LogP contribution in [0.5, 0.6) is 5.75 Å². The Bertz CT molecular complexity index is 860. The van der Waals surface area contributed by atoms with Crippen LogP contribution >= 0.6 is 24.0 Å². The Morgan fingerprint density at radius 3 is 2.78 bits per heavy atom. The van der Waals surface area contributed by atoms with Crippen molar-refractivity contribution in [1.82, 2.24) is 4.90 Å². The highest BCUT2D eigenvalue weighted by Crippen LogP contribution is 2.32. The highest BCUT2D eigenvalue weighted by Gasteiger charge is 2.32. The molecular weight excluding hydrogens is 384 g/mol. The van der Waals surface area contributed by atoms with Crippen LogP contribution in [-0.4, -0.2) is 34.2 Å². The molecule has 0 saturated carbocycles. The van der Waals surface area contributed by atoms with Crippen molar-refractivity contribution in [3.05, 3.63) is 53.3 Å². The average Bonchev–Trinajstić information content (AvgIpc) is 3.24. The van der Waals surface area contributed by atoms with Crippen LogP contribution in [-0.2, 0) is 9.59 Å². The largest absolute Gasteiger partial charge is 0.494 e. The number of anilines is 1. The van der Waals surface area contributed by atoms with Crippen molar-refractivity contribution in [1.29, 1.82) is 0 Å². The van der Waals surface area contributed by atoms with E-state index in [0.717, 1.165) is 5.75 Å². The number of ether oxygens (including phenoxy) is 1. The maximum absolute atomic E-state index is 12.5. The SMILES string of the molecule is CCOc1ccc(NC(=O)CCN2C(=O)C(=Cc3ccco3)SC2=S)cc1. The highest BCUT2D eigenvalue weighted by molar-refractivity contribution is 8.26. The Balaban J connectivity index is 1.54. The van der Waals surface area contributed by atoms with Crippen molar-refractivity contribution in [2.24, 2.45) is 0 Å². The van der Waals surface area contributed by atoms with Gasteiger partial charge in [-0.2, -0.15) is 0 Å². The summed E-state index contributed by atoms with van der Waals surface area (Å²) in [6.45, 7) is 2.72. The van der Waals surface area contributed by atoms with E-state index in [1.54, 1.807) is 42.5 Å². The van der Waals surface area contributed by atoms with Gasteiger partial charge in [-0.1, -0.05) is 24.0 Å². The monoisotopic (exact) mass is 402 g/mol. The molecule has 0 spiro atoms. The summed E-state index contributed by atoms with van der Waals surface area (Å²) in [5.74, 6) is 0.929. The number of carbonyl (C=O) groups is 2. The lowest BCUT2D eigenvalue weighted by atomic mass is 10.3. The quantitative estimate of drug-likeness (QED) is 0.559. The third-order valence-electron chi connectivity index (χ3n) is 3.70. The molecule has 1 aromatic heterocycles. The molecule has 0 bridgehead atoms. The number of rotatable bonds is 7. The van der Waals surface area contributed by atoms with Gasteiger partial charge < -0.3 is 14.5 Å². The van der Waals surface area contributed by atoms with Gasteiger partial charge in [-0.25, -0.2) is 0 Å². The zero-order chi connectivity index (χ0) is 19.2. The van der Waals surface area contributed by atoms with Crippen LogP contribution in [0.4, 0.5) is 5.69 Å². The predicted molar refractivity (Wildman–Crippen MR) is 109 cm³/mol. The molecule has 0 radical (unpaired) electrons. The lowest BCUT2D eigenvalue weighted by molar-refractivity contribution is -0.122. The van der Waals surface area contributed by atoms with Gasteiger partial charge in [-0.3, -0.25) is 14.5 Å². The summed E-state index contributed by atoms with van der Waals surface area (Å²) < 4.78 is 11.0. The number of nitrogens with zero attached hydrogens (tertiary/aromatic N) is 1. The standard InChI is InChI=1S/C19H18N2O4S2/c1-2-24-14-7-5-13(6-8-14)20-17(22)9-10-21-18(23)16(27-19(21)26)12-15-4-3-11-25-15/h3-8,11-12H,2,9-10H2,1H3,(H,20,22). The molecule has 1 aromatic carbocycles. The van der Waals surface area contributed by atoms with Crippen LogP contribution in [0, 0.1) is 0 Å². The Kier molecular flexibility index (Phi) is 6.31. The molecule has 0 aliphatic carbocycles. The molecule has 8 heteroatoms. The normalized spacial score (nSPS) is 15.4. The van der Waals surface area contributed by atoms with E-state index in [1.165, 1.54) is 22.9 Å². The van der Waals surface area contributed by atoms with Crippen molar-refractivity contribution >= 4 is 51.9 Å². The fraction of sp³-hybridized carbons (Fsp3) is 0.211. The smallest absolute Gasteiger partial charge is 0.266 e. The van der Waals surface area contributed by atoms with Crippen LogP contribution < -0.4 is 10.1 Å². The Morgan fingerprint density at radius 2 is 2.11 bits per heavy atom. The van der Waals surface area contributed by atoms with Crippen LogP contribution in [0.15, 0.2) is 52.0 Å². The number of carbonyl (C=O) groups excluding carboxylic acids is 2. The molecule has 1 N–H and O–H groups in total. The highest BCUT2D eigenvalue weighted by atomic mass is 32.2. The van der Waals surface area contributed by atoms with Crippen LogP contribution in [0.25, 0.3) is 6.08 Å². The van der Waals surface area contributed by atoms with E-state index in [2.05, 4.69) is 5.32 Å². The lowest BCUT2D eigenvalue weighted by Crippen LogP contribution is -2.31. The first-order valence-electron chi connectivity index (χ1n) is 8.38. The topological polar surface area (TPSA) is 71.8 Å². The molecule has 1 fully saturated rings. The Hall–Kier alpha value is -2.58. The fourth-order valence-corrected chi connectivity index (χ4v) is 3.72. The summed E-state index contributed by atoms with van der Waals surface area (Å²) in [4.78, 5) is 26.6. The van der Waals surface area contributed by atoms with Gasteiger partial charge in [0, 0.05) is 24.7 Å². The van der Waals surface area contributed by atoms with Crippen LogP contribution in [0.3, 0.4) is 0 Å². The second-order valence-corrected chi connectivity index (χ2v) is 7.28. The molecule has 3 rings (SSSR count). The first kappa shape index (κ1) is 19.2. The molecule has 2 aromatic rings. The maximum atomic E-state index is 12.5. The molecule has 6 nitrogen and oxygen atoms in total. The fourth-order valence-electron chi connectivity index (χ4n) is 2.43. The predicted octanol–water partition coefficient (Wildman–Crippen LogP) is 3.91. The lowest BCUT2D eigenvalue weighted by Gasteiger charge is -2.14. The van der Waals surface area contributed by atoms with Gasteiger partial charge in [0.05, 0.1) is 17.8 Å². The summed E-state index contributed by atoms with van der Waals surface area (Å²) in [6.07, 6.45) is 3.34. The molecule has 0 atom stereocenters. The zero-order valence-electron chi connectivity index (χ0n) is 14.6. The minimum atomic E-state index is -0.213. The minimum absolute atomic E-state index is 0.147. The van der Waals surface area contributed by atoms with Crippen molar-refractivity contribution in [2.45, 2.75) is 13.3 Å². The Labute approximate surface area is 166 Å². The number of hydrogen-bond donors (Lipinski definition) is 1. The summed E-state index contributed by atoms with van der Waals surface area (Å²) in [7, 11) is 0. The van der Waals surface area contributed by atoms with Crippen LogP contribution in [0.1, 0.15) is 19.1 Å². The third kappa shape index (κ3) is 4.99. The van der Waals surface area contributed by atoms with Crippen LogP contribution in [0.2, 0.25) is 0 Å².